The van der Waals surface area contributed by atoms with Crippen molar-refractivity contribution in [3.63, 3.8) is 0 Å². The van der Waals surface area contributed by atoms with Crippen LogP contribution in [0.5, 0.6) is 0 Å². The minimum absolute atomic E-state index is 0.00625. The van der Waals surface area contributed by atoms with Crippen LogP contribution in [-0.4, -0.2) is 10.7 Å². The van der Waals surface area contributed by atoms with Crippen molar-refractivity contribution in [2.45, 2.75) is 25.6 Å². The van der Waals surface area contributed by atoms with Crippen molar-refractivity contribution >= 4 is 22.6 Å². The first kappa shape index (κ1) is 14.0. The minimum atomic E-state index is -4.39. The summed E-state index contributed by atoms with van der Waals surface area (Å²) in [5, 5.41) is 3.17. The zero-order valence-corrected chi connectivity index (χ0v) is 11.3. The van der Waals surface area contributed by atoms with E-state index in [0.717, 1.165) is 11.0 Å². The van der Waals surface area contributed by atoms with Gasteiger partial charge in [-0.05, 0) is 26.0 Å². The van der Waals surface area contributed by atoms with E-state index in [0.29, 0.717) is 5.17 Å². The molecule has 0 aromatic heterocycles. The molecule has 0 saturated carbocycles. The maximum absolute atomic E-state index is 12.8. The molecule has 102 valence electrons. The smallest absolute Gasteiger partial charge is 0.334 e. The van der Waals surface area contributed by atoms with E-state index in [9.17, 15) is 13.2 Å². The average molecular weight is 286 g/mol. The van der Waals surface area contributed by atoms with Crippen molar-refractivity contribution in [3.05, 3.63) is 41.3 Å². The Kier molecular flexibility index (Phi) is 3.38. The fourth-order valence-corrected chi connectivity index (χ4v) is 2.55. The van der Waals surface area contributed by atoms with Gasteiger partial charge in [0.1, 0.15) is 0 Å². The maximum Gasteiger partial charge on any atom is 0.418 e. The lowest BCUT2D eigenvalue weighted by Gasteiger charge is -2.13. The minimum Gasteiger partial charge on any atom is -0.334 e. The number of amidine groups is 1. The summed E-state index contributed by atoms with van der Waals surface area (Å²) >= 11 is 1.26. The van der Waals surface area contributed by atoms with Crippen LogP contribution in [-0.2, 0) is 6.18 Å². The average Bonchev–Trinajstić information content (AvgIpc) is 2.51. The van der Waals surface area contributed by atoms with Gasteiger partial charge in [0.25, 0.3) is 0 Å². The summed E-state index contributed by atoms with van der Waals surface area (Å²) in [6.45, 7) is 7.59. The monoisotopic (exact) mass is 286 g/mol. The molecule has 0 aliphatic carbocycles. The molecule has 0 unspecified atom stereocenters. The number of benzene rings is 1. The van der Waals surface area contributed by atoms with Crippen LogP contribution in [0.4, 0.5) is 18.9 Å². The number of nitrogens with one attached hydrogen (secondary N) is 1. The number of rotatable bonds is 1. The van der Waals surface area contributed by atoms with Gasteiger partial charge in [-0.15, -0.1) is 0 Å². The Labute approximate surface area is 113 Å². The van der Waals surface area contributed by atoms with Crippen LogP contribution in [0.25, 0.3) is 0 Å². The summed E-state index contributed by atoms with van der Waals surface area (Å²) in [5.41, 5.74) is -1.15. The van der Waals surface area contributed by atoms with Crippen molar-refractivity contribution < 1.29 is 13.2 Å². The lowest BCUT2D eigenvalue weighted by Crippen LogP contribution is -2.15. The number of nitrogens with zero attached hydrogens (tertiary/aromatic N) is 1. The number of alkyl halides is 3. The lowest BCUT2D eigenvalue weighted by molar-refractivity contribution is -0.136. The van der Waals surface area contributed by atoms with Crippen LogP contribution in [0, 0.1) is 0 Å². The standard InChI is InChI=1S/C13H13F3N2S/c1-8-12(2,3)18-11(19-8)17-10-7-5-4-6-9(10)13(14,15)16/h4-7H,1H2,2-3H3,(H,17,18). The predicted molar refractivity (Wildman–Crippen MR) is 73.3 cm³/mol. The van der Waals surface area contributed by atoms with E-state index in [1.54, 1.807) is 6.07 Å². The number of hydrogen-bond acceptors (Lipinski definition) is 3. The van der Waals surface area contributed by atoms with Crippen molar-refractivity contribution in [2.24, 2.45) is 4.99 Å². The summed E-state index contributed by atoms with van der Waals surface area (Å²) in [7, 11) is 0. The van der Waals surface area contributed by atoms with E-state index in [-0.39, 0.29) is 5.69 Å². The molecule has 0 amide bonds. The second kappa shape index (κ2) is 4.59. The molecule has 1 aromatic rings. The van der Waals surface area contributed by atoms with Gasteiger partial charge in [0.15, 0.2) is 5.17 Å². The van der Waals surface area contributed by atoms with Gasteiger partial charge in [-0.3, -0.25) is 4.99 Å². The fraction of sp³-hybridized carbons (Fsp3) is 0.308. The maximum atomic E-state index is 12.8. The van der Waals surface area contributed by atoms with E-state index >= 15 is 0 Å². The molecule has 0 fully saturated rings. The molecular weight excluding hydrogens is 273 g/mol. The SMILES string of the molecule is C=C1SC(Nc2ccccc2C(F)(F)F)=NC1(C)C. The molecule has 0 bridgehead atoms. The Balaban J connectivity index is 2.29. The number of hydrogen-bond donors (Lipinski definition) is 1. The van der Waals surface area contributed by atoms with Gasteiger partial charge >= 0.3 is 6.18 Å². The van der Waals surface area contributed by atoms with Gasteiger partial charge in [-0.2, -0.15) is 13.2 Å². The molecule has 1 N–H and O–H groups in total. The molecule has 1 heterocycles. The van der Waals surface area contributed by atoms with E-state index in [4.69, 9.17) is 0 Å². The second-order valence-electron chi connectivity index (χ2n) is 4.67. The van der Waals surface area contributed by atoms with Crippen LogP contribution >= 0.6 is 11.8 Å². The molecule has 0 saturated heterocycles. The Hall–Kier alpha value is -1.43. The number of aliphatic imine (C=N–C) groups is 1. The quantitative estimate of drug-likeness (QED) is 0.821. The molecule has 0 radical (unpaired) electrons. The third-order valence-electron chi connectivity index (χ3n) is 2.76. The van der Waals surface area contributed by atoms with Gasteiger partial charge in [0, 0.05) is 4.91 Å². The van der Waals surface area contributed by atoms with Crippen LogP contribution in [0.15, 0.2) is 40.7 Å². The number of para-hydroxylation sites is 1. The molecule has 0 atom stereocenters. The van der Waals surface area contributed by atoms with Gasteiger partial charge in [0.2, 0.25) is 0 Å². The fourth-order valence-electron chi connectivity index (χ4n) is 1.59. The van der Waals surface area contributed by atoms with E-state index in [1.165, 1.54) is 23.9 Å². The molecule has 2 rings (SSSR count). The first-order chi connectivity index (χ1) is 8.70. The summed E-state index contributed by atoms with van der Waals surface area (Å²) in [5.74, 6) is 0. The largest absolute Gasteiger partial charge is 0.418 e. The van der Waals surface area contributed by atoms with Gasteiger partial charge < -0.3 is 5.32 Å². The number of anilines is 1. The van der Waals surface area contributed by atoms with E-state index in [1.807, 2.05) is 13.8 Å². The Morgan fingerprint density at radius 3 is 2.42 bits per heavy atom. The van der Waals surface area contributed by atoms with Crippen molar-refractivity contribution in [2.75, 3.05) is 5.32 Å². The first-order valence-electron chi connectivity index (χ1n) is 5.60. The topological polar surface area (TPSA) is 24.4 Å². The third-order valence-corrected chi connectivity index (χ3v) is 3.89. The number of thioether (sulfide) groups is 1. The van der Waals surface area contributed by atoms with Gasteiger partial charge in [0.05, 0.1) is 16.8 Å². The zero-order chi connectivity index (χ0) is 14.3. The first-order valence-corrected chi connectivity index (χ1v) is 6.42. The molecule has 1 aliphatic rings. The van der Waals surface area contributed by atoms with Crippen LogP contribution < -0.4 is 5.32 Å². The summed E-state index contributed by atoms with van der Waals surface area (Å²) in [6.07, 6.45) is -4.39. The van der Waals surface area contributed by atoms with Crippen LogP contribution in [0.2, 0.25) is 0 Å². The zero-order valence-electron chi connectivity index (χ0n) is 10.5. The van der Waals surface area contributed by atoms with Gasteiger partial charge in [-0.25, -0.2) is 0 Å². The highest BCUT2D eigenvalue weighted by molar-refractivity contribution is 8.17. The lowest BCUT2D eigenvalue weighted by atomic mass is 10.1. The molecule has 19 heavy (non-hydrogen) atoms. The normalized spacial score (nSPS) is 18.4. The molecule has 2 nitrogen and oxygen atoms in total. The van der Waals surface area contributed by atoms with Crippen LogP contribution in [0.3, 0.4) is 0 Å². The Morgan fingerprint density at radius 1 is 1.26 bits per heavy atom. The predicted octanol–water partition coefficient (Wildman–Crippen LogP) is 4.51. The number of halogens is 3. The molecule has 1 aliphatic heterocycles. The summed E-state index contributed by atoms with van der Waals surface area (Å²) in [6, 6.07) is 5.35. The van der Waals surface area contributed by atoms with Gasteiger partial charge in [-0.1, -0.05) is 30.5 Å². The molecular formula is C13H13F3N2S. The van der Waals surface area contributed by atoms with E-state index in [2.05, 4.69) is 16.9 Å². The van der Waals surface area contributed by atoms with E-state index < -0.39 is 17.3 Å². The summed E-state index contributed by atoms with van der Waals surface area (Å²) < 4.78 is 38.5. The Morgan fingerprint density at radius 2 is 1.89 bits per heavy atom. The molecule has 6 heteroatoms. The van der Waals surface area contributed by atoms with Crippen molar-refractivity contribution in [1.29, 1.82) is 0 Å². The van der Waals surface area contributed by atoms with Crippen molar-refractivity contribution in [3.8, 4) is 0 Å². The second-order valence-corrected chi connectivity index (χ2v) is 5.75. The third kappa shape index (κ3) is 2.94. The summed E-state index contributed by atoms with van der Waals surface area (Å²) in [4.78, 5) is 5.13. The molecule has 0 spiro atoms. The van der Waals surface area contributed by atoms with Crippen LogP contribution in [0.1, 0.15) is 19.4 Å². The molecule has 1 aromatic carbocycles. The Bertz CT molecular complexity index is 547. The highest BCUT2D eigenvalue weighted by Gasteiger charge is 2.35. The highest BCUT2D eigenvalue weighted by Crippen LogP contribution is 2.40. The van der Waals surface area contributed by atoms with Crippen molar-refractivity contribution in [1.82, 2.24) is 0 Å². The highest BCUT2D eigenvalue weighted by atomic mass is 32.2.